The second kappa shape index (κ2) is 8.34. The van der Waals surface area contributed by atoms with Crippen molar-refractivity contribution in [2.75, 3.05) is 20.8 Å². The van der Waals surface area contributed by atoms with Gasteiger partial charge in [0.15, 0.2) is 11.5 Å². The van der Waals surface area contributed by atoms with E-state index in [0.29, 0.717) is 5.75 Å². The van der Waals surface area contributed by atoms with Crippen molar-refractivity contribution in [1.82, 2.24) is 5.43 Å². The summed E-state index contributed by atoms with van der Waals surface area (Å²) in [7, 11) is 3.28. The highest BCUT2D eigenvalue weighted by molar-refractivity contribution is 6.02. The van der Waals surface area contributed by atoms with Gasteiger partial charge in [-0.15, -0.1) is 0 Å². The predicted molar refractivity (Wildman–Crippen MR) is 106 cm³/mol. The Morgan fingerprint density at radius 3 is 2.58 bits per heavy atom. The number of ether oxygens (including phenoxy) is 2. The summed E-state index contributed by atoms with van der Waals surface area (Å²) in [5.41, 5.74) is 7.43. The SMILES string of the molecule is COc1cc2c(cc1OC)C(NN=CC(C)=Cc1ccccc1)=NCC2. The molecule has 3 rings (SSSR count). The highest BCUT2D eigenvalue weighted by Crippen LogP contribution is 2.32. The third kappa shape index (κ3) is 4.11. The molecule has 0 saturated heterocycles. The highest BCUT2D eigenvalue weighted by atomic mass is 16.5. The van der Waals surface area contributed by atoms with E-state index >= 15 is 0 Å². The van der Waals surface area contributed by atoms with Crippen molar-refractivity contribution < 1.29 is 9.47 Å². The highest BCUT2D eigenvalue weighted by Gasteiger charge is 2.18. The molecule has 1 aliphatic heterocycles. The van der Waals surface area contributed by atoms with Gasteiger partial charge in [-0.05, 0) is 42.2 Å². The minimum atomic E-state index is 0.687. The molecule has 0 saturated carbocycles. The zero-order valence-electron chi connectivity index (χ0n) is 15.3. The first-order chi connectivity index (χ1) is 12.7. The number of allylic oxidation sites excluding steroid dienone is 1. The standard InChI is InChI=1S/C21H23N3O2/c1-15(11-16-7-5-4-6-8-16)14-23-24-21-18-13-20(26-3)19(25-2)12-17(18)9-10-22-21/h4-8,11-14H,9-10H2,1-3H3,(H,22,24). The van der Waals surface area contributed by atoms with Crippen molar-refractivity contribution in [3.8, 4) is 11.5 Å². The van der Waals surface area contributed by atoms with Crippen LogP contribution in [0.5, 0.6) is 11.5 Å². The maximum Gasteiger partial charge on any atom is 0.161 e. The summed E-state index contributed by atoms with van der Waals surface area (Å²) in [5.74, 6) is 2.17. The van der Waals surface area contributed by atoms with Crippen LogP contribution in [-0.4, -0.2) is 32.8 Å². The van der Waals surface area contributed by atoms with E-state index in [1.165, 1.54) is 5.56 Å². The van der Waals surface area contributed by atoms with Crippen molar-refractivity contribution in [2.24, 2.45) is 10.1 Å². The van der Waals surface area contributed by atoms with Gasteiger partial charge >= 0.3 is 0 Å². The Morgan fingerprint density at radius 2 is 1.85 bits per heavy atom. The average molecular weight is 349 g/mol. The molecule has 0 aromatic heterocycles. The van der Waals surface area contributed by atoms with Gasteiger partial charge in [-0.1, -0.05) is 36.4 Å². The lowest BCUT2D eigenvalue weighted by Crippen LogP contribution is -2.25. The summed E-state index contributed by atoms with van der Waals surface area (Å²) < 4.78 is 10.8. The van der Waals surface area contributed by atoms with Crippen LogP contribution >= 0.6 is 0 Å². The molecule has 0 spiro atoms. The Balaban J connectivity index is 1.75. The molecule has 2 aromatic carbocycles. The fourth-order valence-electron chi connectivity index (χ4n) is 2.86. The number of amidine groups is 1. The third-order valence-electron chi connectivity index (χ3n) is 4.15. The zero-order valence-corrected chi connectivity index (χ0v) is 15.3. The number of benzene rings is 2. The third-order valence-corrected chi connectivity index (χ3v) is 4.15. The Morgan fingerprint density at radius 1 is 1.12 bits per heavy atom. The number of rotatable bonds is 5. The molecule has 134 valence electrons. The summed E-state index contributed by atoms with van der Waals surface area (Å²) in [6.07, 6.45) is 4.75. The number of nitrogens with zero attached hydrogens (tertiary/aromatic N) is 2. The number of hydrogen-bond donors (Lipinski definition) is 1. The number of hydrogen-bond acceptors (Lipinski definition) is 5. The number of aliphatic imine (C=N–C) groups is 1. The predicted octanol–water partition coefficient (Wildman–Crippen LogP) is 3.69. The minimum absolute atomic E-state index is 0.687. The molecule has 0 fully saturated rings. The van der Waals surface area contributed by atoms with Crippen molar-refractivity contribution in [1.29, 1.82) is 0 Å². The monoisotopic (exact) mass is 349 g/mol. The van der Waals surface area contributed by atoms with Crippen LogP contribution in [0.25, 0.3) is 6.08 Å². The van der Waals surface area contributed by atoms with Crippen LogP contribution in [0.15, 0.2) is 58.1 Å². The summed E-state index contributed by atoms with van der Waals surface area (Å²) >= 11 is 0. The second-order valence-corrected chi connectivity index (χ2v) is 6.01. The van der Waals surface area contributed by atoms with E-state index in [2.05, 4.69) is 33.7 Å². The van der Waals surface area contributed by atoms with Gasteiger partial charge in [-0.3, -0.25) is 10.4 Å². The average Bonchev–Trinajstić information content (AvgIpc) is 2.67. The van der Waals surface area contributed by atoms with E-state index in [-0.39, 0.29) is 0 Å². The first-order valence-corrected chi connectivity index (χ1v) is 8.53. The molecular formula is C21H23N3O2. The van der Waals surface area contributed by atoms with E-state index < -0.39 is 0 Å². The number of fused-ring (bicyclic) bond motifs is 1. The fraction of sp³-hybridized carbons (Fsp3) is 0.238. The van der Waals surface area contributed by atoms with Gasteiger partial charge in [0, 0.05) is 12.1 Å². The Bertz CT molecular complexity index is 855. The molecule has 0 bridgehead atoms. The molecule has 0 radical (unpaired) electrons. The maximum atomic E-state index is 5.40. The zero-order chi connectivity index (χ0) is 18.4. The molecule has 1 N–H and O–H groups in total. The quantitative estimate of drug-likeness (QED) is 0.662. The molecule has 2 aromatic rings. The summed E-state index contributed by atoms with van der Waals surface area (Å²) in [4.78, 5) is 4.56. The van der Waals surface area contributed by atoms with Gasteiger partial charge in [0.1, 0.15) is 5.84 Å². The van der Waals surface area contributed by atoms with Crippen molar-refractivity contribution in [3.05, 3.63) is 64.7 Å². The van der Waals surface area contributed by atoms with E-state index in [9.17, 15) is 0 Å². The maximum absolute atomic E-state index is 5.40. The molecule has 0 unspecified atom stereocenters. The van der Waals surface area contributed by atoms with Crippen LogP contribution in [0.1, 0.15) is 23.6 Å². The lowest BCUT2D eigenvalue weighted by atomic mass is 10.00. The molecule has 1 heterocycles. The summed E-state index contributed by atoms with van der Waals surface area (Å²) in [5, 5.41) is 4.34. The fourth-order valence-corrected chi connectivity index (χ4v) is 2.86. The molecule has 0 aliphatic carbocycles. The van der Waals surface area contributed by atoms with Crippen LogP contribution in [-0.2, 0) is 6.42 Å². The van der Waals surface area contributed by atoms with Gasteiger partial charge in [-0.2, -0.15) is 5.10 Å². The molecule has 0 amide bonds. The van der Waals surface area contributed by atoms with E-state index in [1.807, 2.05) is 37.3 Å². The van der Waals surface area contributed by atoms with Crippen molar-refractivity contribution in [3.63, 3.8) is 0 Å². The first kappa shape index (κ1) is 17.7. The minimum Gasteiger partial charge on any atom is -0.493 e. The largest absolute Gasteiger partial charge is 0.493 e. The molecule has 0 atom stereocenters. The van der Waals surface area contributed by atoms with Gasteiger partial charge in [0.05, 0.1) is 20.4 Å². The summed E-state index contributed by atoms with van der Waals surface area (Å²) in [6.45, 7) is 2.74. The lowest BCUT2D eigenvalue weighted by molar-refractivity contribution is 0.354. The van der Waals surface area contributed by atoms with Crippen molar-refractivity contribution in [2.45, 2.75) is 13.3 Å². The van der Waals surface area contributed by atoms with Crippen LogP contribution in [0, 0.1) is 0 Å². The lowest BCUT2D eigenvalue weighted by Gasteiger charge is -2.19. The van der Waals surface area contributed by atoms with E-state index in [1.54, 1.807) is 20.4 Å². The van der Waals surface area contributed by atoms with Crippen LogP contribution in [0.4, 0.5) is 0 Å². The Labute approximate surface area is 154 Å². The first-order valence-electron chi connectivity index (χ1n) is 8.53. The van der Waals surface area contributed by atoms with Crippen molar-refractivity contribution >= 4 is 18.1 Å². The Kier molecular flexibility index (Phi) is 5.69. The van der Waals surface area contributed by atoms with Gasteiger partial charge in [-0.25, -0.2) is 0 Å². The van der Waals surface area contributed by atoms with Gasteiger partial charge in [0.2, 0.25) is 0 Å². The van der Waals surface area contributed by atoms with Gasteiger partial charge < -0.3 is 9.47 Å². The second-order valence-electron chi connectivity index (χ2n) is 6.01. The van der Waals surface area contributed by atoms with Gasteiger partial charge in [0.25, 0.3) is 0 Å². The molecular weight excluding hydrogens is 326 g/mol. The smallest absolute Gasteiger partial charge is 0.161 e. The van der Waals surface area contributed by atoms with Crippen LogP contribution < -0.4 is 14.9 Å². The van der Waals surface area contributed by atoms with E-state index in [4.69, 9.17) is 9.47 Å². The summed E-state index contributed by atoms with van der Waals surface area (Å²) in [6, 6.07) is 14.1. The molecule has 26 heavy (non-hydrogen) atoms. The number of hydrazone groups is 1. The van der Waals surface area contributed by atoms with Crippen LogP contribution in [0.3, 0.4) is 0 Å². The molecule has 5 heteroatoms. The normalized spacial score (nSPS) is 14.0. The van der Waals surface area contributed by atoms with Crippen LogP contribution in [0.2, 0.25) is 0 Å². The topological polar surface area (TPSA) is 55.2 Å². The van der Waals surface area contributed by atoms with E-state index in [0.717, 1.165) is 41.3 Å². The molecule has 5 nitrogen and oxygen atoms in total. The molecule has 1 aliphatic rings. The number of nitrogens with one attached hydrogen (secondary N) is 1. The Hall–Kier alpha value is -3.08. The number of methoxy groups -OCH3 is 2.